The van der Waals surface area contributed by atoms with Crippen LogP contribution in [0.4, 0.5) is 5.69 Å². The molecular weight excluding hydrogens is 512 g/mol. The van der Waals surface area contributed by atoms with Crippen molar-refractivity contribution in [3.63, 3.8) is 0 Å². The Morgan fingerprint density at radius 3 is 2.70 bits per heavy atom. The van der Waals surface area contributed by atoms with Gasteiger partial charge in [0.1, 0.15) is 6.04 Å². The van der Waals surface area contributed by atoms with Crippen LogP contribution in [-0.2, 0) is 19.1 Å². The lowest BCUT2D eigenvalue weighted by Gasteiger charge is -2.37. The number of para-hydroxylation sites is 1. The highest BCUT2D eigenvalue weighted by Crippen LogP contribution is 2.65. The summed E-state index contributed by atoms with van der Waals surface area (Å²) in [4.78, 5) is 45.4. The molecule has 1 spiro atoms. The van der Waals surface area contributed by atoms with E-state index in [-0.39, 0.29) is 30.9 Å². The molecule has 5 atom stereocenters. The number of amides is 2. The number of aliphatic hydroxyl groups excluding tert-OH is 1. The third-order valence-corrected chi connectivity index (χ3v) is 10.1. The van der Waals surface area contributed by atoms with E-state index < -0.39 is 27.4 Å². The van der Waals surface area contributed by atoms with Crippen molar-refractivity contribution in [3.05, 3.63) is 53.1 Å². The van der Waals surface area contributed by atoms with Gasteiger partial charge in [-0.05, 0) is 51.2 Å². The highest BCUT2D eigenvalue weighted by Gasteiger charge is 2.73. The molecule has 2 fully saturated rings. The fourth-order valence-electron chi connectivity index (χ4n) is 6.44. The first-order valence-corrected chi connectivity index (χ1v) is 14.1. The van der Waals surface area contributed by atoms with Crippen molar-refractivity contribution in [1.29, 1.82) is 0 Å². The van der Waals surface area contributed by atoms with E-state index in [1.807, 2.05) is 44.2 Å². The Hall–Kier alpha value is -2.29. The van der Waals surface area contributed by atoms with Crippen LogP contribution < -0.4 is 4.90 Å². The highest BCUT2D eigenvalue weighted by atomic mass is 35.5. The third-order valence-electron chi connectivity index (χ3n) is 8.02. The number of anilines is 1. The number of allylic oxidation sites excluding steroid dienone is 1. The number of cyclic esters (lactones) is 1. The SMILES string of the molecule is Cc1cccc(Cl)c1N1CC=C[C@]23S[C@@]4(C)/C=C\CCCCOC(=O)[C@H]4[C@H]2C(=O)N(CCCO)C3C1=O. The number of rotatable bonds is 4. The van der Waals surface area contributed by atoms with Gasteiger partial charge in [-0.25, -0.2) is 0 Å². The minimum atomic E-state index is -0.954. The number of carbonyl (C=O) groups is 3. The van der Waals surface area contributed by atoms with Crippen LogP contribution in [0.25, 0.3) is 0 Å². The van der Waals surface area contributed by atoms with Gasteiger partial charge in [0.2, 0.25) is 5.91 Å². The predicted molar refractivity (Wildman–Crippen MR) is 145 cm³/mol. The van der Waals surface area contributed by atoms with Crippen LogP contribution in [0.15, 0.2) is 42.5 Å². The molecule has 0 aromatic heterocycles. The first-order valence-electron chi connectivity index (χ1n) is 13.0. The molecule has 0 aliphatic carbocycles. The number of carbonyl (C=O) groups excluding carboxylic acids is 3. The second-order valence-corrected chi connectivity index (χ2v) is 12.6. The molecule has 1 unspecified atom stereocenters. The molecule has 4 heterocycles. The quantitative estimate of drug-likeness (QED) is 0.457. The van der Waals surface area contributed by atoms with Crippen LogP contribution in [0, 0.1) is 18.8 Å². The summed E-state index contributed by atoms with van der Waals surface area (Å²) in [6.07, 6.45) is 10.9. The van der Waals surface area contributed by atoms with E-state index in [1.165, 1.54) is 11.8 Å². The van der Waals surface area contributed by atoms with E-state index in [1.54, 1.807) is 15.9 Å². The molecule has 37 heavy (non-hydrogen) atoms. The van der Waals surface area contributed by atoms with Crippen molar-refractivity contribution in [1.82, 2.24) is 4.90 Å². The lowest BCUT2D eigenvalue weighted by Crippen LogP contribution is -2.53. The average Bonchev–Trinajstić information content (AvgIpc) is 3.18. The fraction of sp³-hybridized carbons (Fsp3) is 0.536. The Morgan fingerprint density at radius 2 is 1.95 bits per heavy atom. The van der Waals surface area contributed by atoms with Crippen LogP contribution >= 0.6 is 23.4 Å². The average molecular weight is 545 g/mol. The van der Waals surface area contributed by atoms with E-state index in [9.17, 15) is 19.5 Å². The molecule has 7 nitrogen and oxygen atoms in total. The molecule has 1 N–H and O–H groups in total. The molecule has 1 aromatic carbocycles. The molecule has 2 saturated heterocycles. The molecule has 5 rings (SSSR count). The van der Waals surface area contributed by atoms with Gasteiger partial charge in [0.25, 0.3) is 5.91 Å². The maximum Gasteiger partial charge on any atom is 0.311 e. The van der Waals surface area contributed by atoms with Crippen LogP contribution in [0.5, 0.6) is 0 Å². The van der Waals surface area contributed by atoms with Crippen LogP contribution in [0.2, 0.25) is 5.02 Å². The summed E-state index contributed by atoms with van der Waals surface area (Å²) in [6.45, 7) is 4.64. The Kier molecular flexibility index (Phi) is 7.20. The molecule has 9 heteroatoms. The zero-order valence-corrected chi connectivity index (χ0v) is 22.8. The van der Waals surface area contributed by atoms with Crippen molar-refractivity contribution in [2.45, 2.75) is 55.1 Å². The summed E-state index contributed by atoms with van der Waals surface area (Å²) in [5, 5.41) is 10.0. The van der Waals surface area contributed by atoms with Crippen LogP contribution in [-0.4, -0.2) is 69.6 Å². The Balaban J connectivity index is 1.65. The van der Waals surface area contributed by atoms with Gasteiger partial charge in [-0.3, -0.25) is 14.4 Å². The van der Waals surface area contributed by atoms with Crippen LogP contribution in [0.3, 0.4) is 0 Å². The fourth-order valence-corrected chi connectivity index (χ4v) is 8.92. The molecule has 1 aromatic rings. The number of benzene rings is 1. The maximum absolute atomic E-state index is 14.4. The number of hydrogen-bond donors (Lipinski definition) is 1. The van der Waals surface area contributed by atoms with Crippen molar-refractivity contribution < 1.29 is 24.2 Å². The van der Waals surface area contributed by atoms with E-state index in [0.717, 1.165) is 24.8 Å². The molecule has 198 valence electrons. The summed E-state index contributed by atoms with van der Waals surface area (Å²) in [5.41, 5.74) is 1.49. The number of likely N-dealkylation sites (tertiary alicyclic amines) is 1. The number of esters is 1. The van der Waals surface area contributed by atoms with E-state index >= 15 is 0 Å². The molecule has 4 aliphatic rings. The van der Waals surface area contributed by atoms with Gasteiger partial charge in [-0.1, -0.05) is 48.0 Å². The molecule has 0 saturated carbocycles. The largest absolute Gasteiger partial charge is 0.465 e. The number of nitrogens with zero attached hydrogens (tertiary/aromatic N) is 2. The standard InChI is InChI=1S/C28H33ClN2O5S/c1-18-10-7-11-19(29)22(18)30-14-8-13-28-20(24(33)31(15-9-16-32)23(28)25(30)34)21-26(35)36-17-6-4-3-5-12-27(21,2)37-28/h5,7-8,10-13,20-21,23,32H,3-4,6,9,14-17H2,1-2H3/b12-5-/t20-,21+,23?,27-,28-/m0/s1. The topological polar surface area (TPSA) is 87.2 Å². The summed E-state index contributed by atoms with van der Waals surface area (Å²) in [6, 6.07) is 4.67. The van der Waals surface area contributed by atoms with Gasteiger partial charge < -0.3 is 19.6 Å². The lowest BCUT2D eigenvalue weighted by molar-refractivity contribution is -0.154. The second kappa shape index (κ2) is 10.1. The predicted octanol–water partition coefficient (Wildman–Crippen LogP) is 3.90. The Morgan fingerprint density at radius 1 is 1.14 bits per heavy atom. The zero-order chi connectivity index (χ0) is 26.4. The number of aryl methyl sites for hydroxylation is 1. The minimum absolute atomic E-state index is 0.107. The number of halogens is 1. The normalized spacial score (nSPS) is 34.5. The zero-order valence-electron chi connectivity index (χ0n) is 21.2. The molecule has 2 amide bonds. The number of fused-ring (bicyclic) bond motifs is 2. The Labute approximate surface area is 226 Å². The number of hydrogen-bond acceptors (Lipinski definition) is 6. The summed E-state index contributed by atoms with van der Waals surface area (Å²) >= 11 is 8.11. The van der Waals surface area contributed by atoms with Crippen molar-refractivity contribution >= 4 is 46.8 Å². The second-order valence-electron chi connectivity index (χ2n) is 10.4. The monoisotopic (exact) mass is 544 g/mol. The Bertz CT molecular complexity index is 1150. The van der Waals surface area contributed by atoms with Gasteiger partial charge in [0, 0.05) is 24.4 Å². The van der Waals surface area contributed by atoms with Crippen LogP contribution in [0.1, 0.15) is 38.2 Å². The number of thioether (sulfide) groups is 1. The summed E-state index contributed by atoms with van der Waals surface area (Å²) < 4.78 is 4.03. The van der Waals surface area contributed by atoms with E-state index in [2.05, 4.69) is 6.08 Å². The van der Waals surface area contributed by atoms with Gasteiger partial charge in [-0.2, -0.15) is 0 Å². The van der Waals surface area contributed by atoms with E-state index in [4.69, 9.17) is 16.3 Å². The van der Waals surface area contributed by atoms with Gasteiger partial charge in [0.05, 0.1) is 33.9 Å². The minimum Gasteiger partial charge on any atom is -0.465 e. The maximum atomic E-state index is 14.4. The smallest absolute Gasteiger partial charge is 0.311 e. The number of aliphatic hydroxyl groups is 1. The number of ether oxygens (including phenoxy) is 1. The molecule has 4 aliphatic heterocycles. The third kappa shape index (κ3) is 4.21. The van der Waals surface area contributed by atoms with Crippen molar-refractivity contribution in [3.8, 4) is 0 Å². The molecular formula is C28H33ClN2O5S. The van der Waals surface area contributed by atoms with Crippen molar-refractivity contribution in [2.75, 3.05) is 31.2 Å². The van der Waals surface area contributed by atoms with Gasteiger partial charge in [0.15, 0.2) is 0 Å². The van der Waals surface area contributed by atoms with Gasteiger partial charge in [-0.15, -0.1) is 11.8 Å². The van der Waals surface area contributed by atoms with Gasteiger partial charge >= 0.3 is 5.97 Å². The first-order chi connectivity index (χ1) is 17.7. The summed E-state index contributed by atoms with van der Waals surface area (Å²) in [7, 11) is 0. The summed E-state index contributed by atoms with van der Waals surface area (Å²) in [5.74, 6) is -2.34. The lowest BCUT2D eigenvalue weighted by atomic mass is 9.74. The molecule has 0 radical (unpaired) electrons. The highest BCUT2D eigenvalue weighted by molar-refractivity contribution is 8.02. The van der Waals surface area contributed by atoms with E-state index in [0.29, 0.717) is 30.3 Å². The molecule has 0 bridgehead atoms. The first kappa shape index (κ1) is 26.3. The van der Waals surface area contributed by atoms with Crippen molar-refractivity contribution in [2.24, 2.45) is 11.8 Å².